The van der Waals surface area contributed by atoms with E-state index in [-0.39, 0.29) is 23.8 Å². The van der Waals surface area contributed by atoms with E-state index in [1.165, 1.54) is 11.3 Å². The lowest BCUT2D eigenvalue weighted by atomic mass is 9.81. The number of carboxylic acid groups (broad SMARTS) is 1. The first-order valence-electron chi connectivity index (χ1n) is 6.50. The summed E-state index contributed by atoms with van der Waals surface area (Å²) in [5.41, 5.74) is 0. The minimum atomic E-state index is -0.787. The van der Waals surface area contributed by atoms with Crippen LogP contribution in [0.4, 0.5) is 0 Å². The van der Waals surface area contributed by atoms with Crippen LogP contribution in [-0.4, -0.2) is 22.0 Å². The van der Waals surface area contributed by atoms with Crippen molar-refractivity contribution in [1.82, 2.24) is 10.3 Å². The molecule has 0 aliphatic heterocycles. The number of carbonyl (C=O) groups is 2. The molecule has 0 saturated heterocycles. The number of rotatable bonds is 4. The fourth-order valence-electron chi connectivity index (χ4n) is 2.49. The molecule has 1 aromatic heterocycles. The number of hydrogen-bond acceptors (Lipinski definition) is 4. The van der Waals surface area contributed by atoms with Gasteiger partial charge in [-0.3, -0.25) is 9.59 Å². The minimum absolute atomic E-state index is 0.0475. The van der Waals surface area contributed by atoms with Crippen molar-refractivity contribution in [3.63, 3.8) is 0 Å². The summed E-state index contributed by atoms with van der Waals surface area (Å²) in [5.74, 6) is -1.39. The first kappa shape index (κ1) is 14.0. The summed E-state index contributed by atoms with van der Waals surface area (Å²) >= 11 is 1.51. The molecule has 5 nitrogen and oxygen atoms in total. The Morgan fingerprint density at radius 1 is 1.47 bits per heavy atom. The van der Waals surface area contributed by atoms with Crippen LogP contribution in [0.3, 0.4) is 0 Å². The molecule has 19 heavy (non-hydrogen) atoms. The van der Waals surface area contributed by atoms with E-state index >= 15 is 0 Å². The normalized spacial score (nSPS) is 24.7. The van der Waals surface area contributed by atoms with Crippen molar-refractivity contribution in [2.75, 3.05) is 0 Å². The monoisotopic (exact) mass is 282 g/mol. The van der Waals surface area contributed by atoms with Gasteiger partial charge in [-0.15, -0.1) is 11.3 Å². The molecule has 2 rings (SSSR count). The zero-order valence-corrected chi connectivity index (χ0v) is 11.7. The van der Waals surface area contributed by atoms with Crippen LogP contribution in [-0.2, 0) is 9.59 Å². The van der Waals surface area contributed by atoms with Gasteiger partial charge in [0.25, 0.3) is 0 Å². The van der Waals surface area contributed by atoms with Crippen molar-refractivity contribution in [2.24, 2.45) is 11.8 Å². The van der Waals surface area contributed by atoms with E-state index in [9.17, 15) is 9.59 Å². The van der Waals surface area contributed by atoms with Gasteiger partial charge in [-0.05, 0) is 26.2 Å². The third kappa shape index (κ3) is 3.53. The first-order valence-corrected chi connectivity index (χ1v) is 7.38. The summed E-state index contributed by atoms with van der Waals surface area (Å²) in [6.45, 7) is 1.90. The predicted molar refractivity (Wildman–Crippen MR) is 71.8 cm³/mol. The summed E-state index contributed by atoms with van der Waals surface area (Å²) in [5, 5.41) is 14.7. The molecule has 3 atom stereocenters. The van der Waals surface area contributed by atoms with Gasteiger partial charge < -0.3 is 10.4 Å². The zero-order chi connectivity index (χ0) is 13.8. The Bertz CT molecular complexity index is 447. The fourth-order valence-corrected chi connectivity index (χ4v) is 3.14. The maximum absolute atomic E-state index is 12.1. The number of aliphatic carboxylic acids is 1. The van der Waals surface area contributed by atoms with Crippen molar-refractivity contribution < 1.29 is 14.7 Å². The SMILES string of the molecule is CC(NC(=O)C1CCCC(C(=O)O)C1)c1nccs1. The molecule has 0 spiro atoms. The van der Waals surface area contributed by atoms with Crippen molar-refractivity contribution >= 4 is 23.2 Å². The standard InChI is InChI=1S/C13H18N2O3S/c1-8(12-14-5-6-19-12)15-11(16)9-3-2-4-10(7-9)13(17)18/h5-6,8-10H,2-4,7H2,1H3,(H,15,16)(H,17,18). The lowest BCUT2D eigenvalue weighted by molar-refractivity contribution is -0.144. The second-order valence-corrected chi connectivity index (χ2v) is 5.93. The van der Waals surface area contributed by atoms with Crippen LogP contribution in [0.15, 0.2) is 11.6 Å². The number of amides is 1. The molecule has 1 heterocycles. The molecule has 104 valence electrons. The Kier molecular flexibility index (Phi) is 4.52. The molecule has 1 saturated carbocycles. The van der Waals surface area contributed by atoms with E-state index in [0.29, 0.717) is 12.8 Å². The minimum Gasteiger partial charge on any atom is -0.481 e. The topological polar surface area (TPSA) is 79.3 Å². The number of nitrogens with zero attached hydrogens (tertiary/aromatic N) is 1. The van der Waals surface area contributed by atoms with Crippen LogP contribution >= 0.6 is 11.3 Å². The third-order valence-corrected chi connectivity index (χ3v) is 4.53. The summed E-state index contributed by atoms with van der Waals surface area (Å²) in [4.78, 5) is 27.3. The summed E-state index contributed by atoms with van der Waals surface area (Å²) in [6, 6.07) is -0.113. The Balaban J connectivity index is 1.91. The van der Waals surface area contributed by atoms with Gasteiger partial charge in [0.1, 0.15) is 5.01 Å². The highest BCUT2D eigenvalue weighted by molar-refractivity contribution is 7.09. The van der Waals surface area contributed by atoms with Crippen molar-refractivity contribution in [1.29, 1.82) is 0 Å². The molecule has 1 amide bonds. The number of aromatic nitrogens is 1. The predicted octanol–water partition coefficient (Wildman–Crippen LogP) is 2.21. The molecule has 0 aromatic carbocycles. The fraction of sp³-hybridized carbons (Fsp3) is 0.615. The van der Waals surface area contributed by atoms with E-state index < -0.39 is 5.97 Å². The summed E-state index contributed by atoms with van der Waals surface area (Å²) in [7, 11) is 0. The van der Waals surface area contributed by atoms with Gasteiger partial charge in [-0.1, -0.05) is 6.42 Å². The van der Waals surface area contributed by atoms with Crippen LogP contribution in [0.5, 0.6) is 0 Å². The molecule has 1 aliphatic rings. The number of carbonyl (C=O) groups excluding carboxylic acids is 1. The Labute approximate surface area is 116 Å². The van der Waals surface area contributed by atoms with Crippen molar-refractivity contribution in [3.8, 4) is 0 Å². The van der Waals surface area contributed by atoms with Gasteiger partial charge in [0, 0.05) is 17.5 Å². The lowest BCUT2D eigenvalue weighted by Gasteiger charge is -2.26. The average molecular weight is 282 g/mol. The number of thiazole rings is 1. The van der Waals surface area contributed by atoms with E-state index in [4.69, 9.17) is 5.11 Å². The van der Waals surface area contributed by atoms with Gasteiger partial charge in [-0.25, -0.2) is 4.98 Å². The Hall–Kier alpha value is -1.43. The molecular weight excluding hydrogens is 264 g/mol. The molecule has 0 radical (unpaired) electrons. The van der Waals surface area contributed by atoms with E-state index in [0.717, 1.165) is 17.8 Å². The molecule has 1 aromatic rings. The second-order valence-electron chi connectivity index (χ2n) is 5.00. The molecule has 6 heteroatoms. The largest absolute Gasteiger partial charge is 0.481 e. The quantitative estimate of drug-likeness (QED) is 0.887. The number of carboxylic acids is 1. The van der Waals surface area contributed by atoms with E-state index in [1.807, 2.05) is 12.3 Å². The molecule has 1 fully saturated rings. The Morgan fingerprint density at radius 3 is 2.84 bits per heavy atom. The molecular formula is C13H18N2O3S. The highest BCUT2D eigenvalue weighted by atomic mass is 32.1. The van der Waals surface area contributed by atoms with Gasteiger partial charge in [-0.2, -0.15) is 0 Å². The van der Waals surface area contributed by atoms with Gasteiger partial charge >= 0.3 is 5.97 Å². The van der Waals surface area contributed by atoms with Crippen LogP contribution in [0.25, 0.3) is 0 Å². The van der Waals surface area contributed by atoms with Crippen LogP contribution in [0.1, 0.15) is 43.7 Å². The van der Waals surface area contributed by atoms with Gasteiger partial charge in [0.2, 0.25) is 5.91 Å². The van der Waals surface area contributed by atoms with E-state index in [2.05, 4.69) is 10.3 Å². The molecule has 0 bridgehead atoms. The maximum Gasteiger partial charge on any atom is 0.306 e. The van der Waals surface area contributed by atoms with Crippen molar-refractivity contribution in [2.45, 2.75) is 38.6 Å². The van der Waals surface area contributed by atoms with Crippen LogP contribution in [0.2, 0.25) is 0 Å². The van der Waals surface area contributed by atoms with Gasteiger partial charge in [0.15, 0.2) is 0 Å². The zero-order valence-electron chi connectivity index (χ0n) is 10.8. The number of nitrogens with one attached hydrogen (secondary N) is 1. The third-order valence-electron chi connectivity index (χ3n) is 3.57. The number of hydrogen-bond donors (Lipinski definition) is 2. The van der Waals surface area contributed by atoms with Crippen molar-refractivity contribution in [3.05, 3.63) is 16.6 Å². The highest BCUT2D eigenvalue weighted by Crippen LogP contribution is 2.30. The first-order chi connectivity index (χ1) is 9.08. The Morgan fingerprint density at radius 2 is 2.21 bits per heavy atom. The smallest absolute Gasteiger partial charge is 0.306 e. The lowest BCUT2D eigenvalue weighted by Crippen LogP contribution is -2.36. The van der Waals surface area contributed by atoms with Crippen LogP contribution < -0.4 is 5.32 Å². The average Bonchev–Trinajstić information content (AvgIpc) is 2.92. The van der Waals surface area contributed by atoms with Crippen LogP contribution in [0, 0.1) is 11.8 Å². The maximum atomic E-state index is 12.1. The van der Waals surface area contributed by atoms with Gasteiger partial charge in [0.05, 0.1) is 12.0 Å². The molecule has 1 aliphatic carbocycles. The molecule has 3 unspecified atom stereocenters. The summed E-state index contributed by atoms with van der Waals surface area (Å²) < 4.78 is 0. The highest BCUT2D eigenvalue weighted by Gasteiger charge is 2.31. The second kappa shape index (κ2) is 6.14. The van der Waals surface area contributed by atoms with E-state index in [1.54, 1.807) is 6.20 Å². The summed E-state index contributed by atoms with van der Waals surface area (Å²) in [6.07, 6.45) is 4.43. The molecule has 2 N–H and O–H groups in total.